The molecule has 0 unspecified atom stereocenters. The summed E-state index contributed by atoms with van der Waals surface area (Å²) < 4.78 is 6.71. The Labute approximate surface area is 445 Å². The fraction of sp³-hybridized carbons (Fsp3) is 0. The SMILES string of the molecule is c1ccc2c(-c3ccc(-c4c5ccccc5c(-c5cccc6ccc(-c7ccc8cccc(-c9c%10ccccc%10c(-c%10cccc%11c%10oc%10ccccc%10%11)c%10ccccc9%10)c8c7)cc56)c5ccccc45)cc3)cccc2c1. The number of hydrogen-bond donors (Lipinski definition) is 0. The highest BCUT2D eigenvalue weighted by atomic mass is 16.3. The number of benzene rings is 15. The predicted molar refractivity (Wildman–Crippen MR) is 329 cm³/mol. The Morgan fingerprint density at radius 1 is 0.182 bits per heavy atom. The molecule has 1 heterocycles. The Kier molecular flexibility index (Phi) is 9.71. The molecule has 1 nitrogen and oxygen atoms in total. The molecule has 0 spiro atoms. The lowest BCUT2D eigenvalue weighted by Gasteiger charge is -2.20. The van der Waals surface area contributed by atoms with Gasteiger partial charge in [-0.3, -0.25) is 0 Å². The summed E-state index contributed by atoms with van der Waals surface area (Å²) in [7, 11) is 0. The maximum Gasteiger partial charge on any atom is 0.143 e. The first kappa shape index (κ1) is 43.3. The smallest absolute Gasteiger partial charge is 0.143 e. The summed E-state index contributed by atoms with van der Waals surface area (Å²) in [5, 5.41) is 19.5. The third kappa shape index (κ3) is 6.74. The lowest BCUT2D eigenvalue weighted by molar-refractivity contribution is 0.670. The first-order chi connectivity index (χ1) is 38.2. The van der Waals surface area contributed by atoms with Crippen molar-refractivity contribution < 1.29 is 4.42 Å². The van der Waals surface area contributed by atoms with E-state index in [-0.39, 0.29) is 0 Å². The Hall–Kier alpha value is -10.1. The van der Waals surface area contributed by atoms with Crippen LogP contribution >= 0.6 is 0 Å². The Morgan fingerprint density at radius 2 is 0.519 bits per heavy atom. The molecule has 16 aromatic rings. The van der Waals surface area contributed by atoms with Crippen molar-refractivity contribution >= 4 is 97.3 Å². The lowest BCUT2D eigenvalue weighted by atomic mass is 9.83. The van der Waals surface area contributed by atoms with Gasteiger partial charge in [0.05, 0.1) is 0 Å². The normalized spacial score (nSPS) is 11.9. The molecule has 0 bridgehead atoms. The largest absolute Gasteiger partial charge is 0.455 e. The van der Waals surface area contributed by atoms with Crippen molar-refractivity contribution in [3.05, 3.63) is 279 Å². The third-order valence-corrected chi connectivity index (χ3v) is 16.4. The van der Waals surface area contributed by atoms with E-state index in [0.717, 1.165) is 27.5 Å². The van der Waals surface area contributed by atoms with E-state index in [9.17, 15) is 0 Å². The molecule has 0 atom stereocenters. The molecule has 0 saturated heterocycles. The average Bonchev–Trinajstić information content (AvgIpc) is 3.93. The Balaban J connectivity index is 0.855. The Morgan fingerprint density at radius 3 is 1.04 bits per heavy atom. The van der Waals surface area contributed by atoms with Crippen LogP contribution in [0.4, 0.5) is 0 Å². The monoisotopic (exact) mass is 974 g/mol. The lowest BCUT2D eigenvalue weighted by Crippen LogP contribution is -1.92. The fourth-order valence-electron chi connectivity index (χ4n) is 13.0. The number of para-hydroxylation sites is 2. The van der Waals surface area contributed by atoms with Crippen molar-refractivity contribution in [2.45, 2.75) is 0 Å². The van der Waals surface area contributed by atoms with Crippen LogP contribution in [0.3, 0.4) is 0 Å². The quantitative estimate of drug-likeness (QED) is 0.151. The van der Waals surface area contributed by atoms with Gasteiger partial charge in [0.25, 0.3) is 0 Å². The van der Waals surface area contributed by atoms with E-state index < -0.39 is 0 Å². The molecular weight excluding hydrogens is 929 g/mol. The number of furan rings is 1. The van der Waals surface area contributed by atoms with Gasteiger partial charge < -0.3 is 4.42 Å². The molecule has 77 heavy (non-hydrogen) atoms. The minimum atomic E-state index is 0.904. The summed E-state index contributed by atoms with van der Waals surface area (Å²) >= 11 is 0. The van der Waals surface area contributed by atoms with Crippen LogP contribution in [0.1, 0.15) is 0 Å². The van der Waals surface area contributed by atoms with Crippen LogP contribution < -0.4 is 0 Å². The summed E-state index contributed by atoms with van der Waals surface area (Å²) in [5.74, 6) is 0. The molecule has 0 aliphatic heterocycles. The van der Waals surface area contributed by atoms with Gasteiger partial charge in [0, 0.05) is 21.9 Å². The summed E-state index contributed by atoms with van der Waals surface area (Å²) in [6.07, 6.45) is 0. The minimum absolute atomic E-state index is 0.904. The number of hydrogen-bond acceptors (Lipinski definition) is 1. The highest BCUT2D eigenvalue weighted by Crippen LogP contribution is 2.50. The van der Waals surface area contributed by atoms with Gasteiger partial charge in [-0.25, -0.2) is 0 Å². The predicted octanol–water partition coefficient (Wildman–Crippen LogP) is 21.7. The summed E-state index contributed by atoms with van der Waals surface area (Å²) in [6.45, 7) is 0. The highest BCUT2D eigenvalue weighted by Gasteiger charge is 2.23. The van der Waals surface area contributed by atoms with E-state index >= 15 is 0 Å². The zero-order valence-corrected chi connectivity index (χ0v) is 42.0. The van der Waals surface area contributed by atoms with Gasteiger partial charge in [-0.15, -0.1) is 0 Å². The van der Waals surface area contributed by atoms with Crippen molar-refractivity contribution in [3.8, 4) is 66.8 Å². The van der Waals surface area contributed by atoms with Crippen LogP contribution in [0, 0.1) is 0 Å². The first-order valence-corrected chi connectivity index (χ1v) is 26.6. The van der Waals surface area contributed by atoms with Crippen LogP contribution in [-0.4, -0.2) is 0 Å². The molecule has 16 rings (SSSR count). The van der Waals surface area contributed by atoms with Gasteiger partial charge in [-0.2, -0.15) is 0 Å². The summed E-state index contributed by atoms with van der Waals surface area (Å²) in [6, 6.07) is 103. The maximum absolute atomic E-state index is 6.71. The zero-order chi connectivity index (χ0) is 50.6. The molecule has 1 aromatic heterocycles. The number of fused-ring (bicyclic) bond motifs is 10. The molecule has 0 amide bonds. The molecule has 15 aromatic carbocycles. The zero-order valence-electron chi connectivity index (χ0n) is 42.0. The van der Waals surface area contributed by atoms with Crippen molar-refractivity contribution in [1.82, 2.24) is 0 Å². The van der Waals surface area contributed by atoms with E-state index in [1.165, 1.54) is 137 Å². The second kappa shape index (κ2) is 17.2. The summed E-state index contributed by atoms with van der Waals surface area (Å²) in [5.41, 5.74) is 16.4. The van der Waals surface area contributed by atoms with Crippen LogP contribution in [0.5, 0.6) is 0 Å². The fourth-order valence-corrected chi connectivity index (χ4v) is 13.0. The van der Waals surface area contributed by atoms with Gasteiger partial charge in [0.2, 0.25) is 0 Å². The van der Waals surface area contributed by atoms with Gasteiger partial charge in [-0.1, -0.05) is 261 Å². The third-order valence-electron chi connectivity index (χ3n) is 16.4. The van der Waals surface area contributed by atoms with Crippen LogP contribution in [0.2, 0.25) is 0 Å². The van der Waals surface area contributed by atoms with Crippen molar-refractivity contribution in [2.24, 2.45) is 0 Å². The van der Waals surface area contributed by atoms with Gasteiger partial charge in [-0.05, 0) is 149 Å². The van der Waals surface area contributed by atoms with E-state index in [0.29, 0.717) is 0 Å². The highest BCUT2D eigenvalue weighted by molar-refractivity contribution is 6.27. The molecule has 0 saturated carbocycles. The molecule has 0 fully saturated rings. The molecule has 0 aliphatic carbocycles. The van der Waals surface area contributed by atoms with E-state index in [2.05, 4.69) is 273 Å². The second-order valence-corrected chi connectivity index (χ2v) is 20.5. The molecular formula is C76H46O. The van der Waals surface area contributed by atoms with Crippen LogP contribution in [0.25, 0.3) is 164 Å². The molecule has 356 valence electrons. The van der Waals surface area contributed by atoms with Gasteiger partial charge >= 0.3 is 0 Å². The van der Waals surface area contributed by atoms with Gasteiger partial charge in [0.1, 0.15) is 11.2 Å². The molecule has 0 N–H and O–H groups in total. The minimum Gasteiger partial charge on any atom is -0.455 e. The van der Waals surface area contributed by atoms with E-state index in [1.54, 1.807) is 0 Å². The van der Waals surface area contributed by atoms with Crippen molar-refractivity contribution in [1.29, 1.82) is 0 Å². The van der Waals surface area contributed by atoms with Crippen molar-refractivity contribution in [2.75, 3.05) is 0 Å². The molecule has 0 aliphatic rings. The topological polar surface area (TPSA) is 13.1 Å². The van der Waals surface area contributed by atoms with Crippen LogP contribution in [0.15, 0.2) is 283 Å². The Bertz CT molecular complexity index is 4970. The van der Waals surface area contributed by atoms with E-state index in [4.69, 9.17) is 4.42 Å². The molecule has 0 radical (unpaired) electrons. The first-order valence-electron chi connectivity index (χ1n) is 26.6. The second-order valence-electron chi connectivity index (χ2n) is 20.5. The van der Waals surface area contributed by atoms with Crippen molar-refractivity contribution in [3.63, 3.8) is 0 Å². The average molecular weight is 975 g/mol. The molecule has 1 heteroatoms. The van der Waals surface area contributed by atoms with Gasteiger partial charge in [0.15, 0.2) is 0 Å². The standard InChI is InChI=1S/C76H46O/c1-2-21-54-47(17-1)18-13-31-55(54)50-37-41-51(42-38-50)72-57-23-3-5-25-59(57)73(60-26-6-4-24-58(60)72)65-32-14-19-48-39-43-52(45-69(48)65)53-44-40-49-20-15-33-66(70(49)46-53)74-61-27-7-9-29-63(61)75(64-30-10-8-28-62(64)74)68-35-16-34-67-56-22-11-12-36-71(56)77-76(67)68/h1-46H. The van der Waals surface area contributed by atoms with E-state index in [1.807, 2.05) is 6.07 Å². The van der Waals surface area contributed by atoms with Crippen LogP contribution in [-0.2, 0) is 0 Å². The number of rotatable bonds is 6. The maximum atomic E-state index is 6.71. The summed E-state index contributed by atoms with van der Waals surface area (Å²) in [4.78, 5) is 0.